The first-order valence-electron chi connectivity index (χ1n) is 12.2. The van der Waals surface area contributed by atoms with Gasteiger partial charge in [-0.3, -0.25) is 0 Å². The van der Waals surface area contributed by atoms with E-state index in [1.165, 1.54) is 0 Å². The van der Waals surface area contributed by atoms with Gasteiger partial charge in [0.25, 0.3) is 0 Å². The number of benzene rings is 4. The van der Waals surface area contributed by atoms with E-state index < -0.39 is 5.41 Å². The summed E-state index contributed by atoms with van der Waals surface area (Å²) in [6.07, 6.45) is 0. The summed E-state index contributed by atoms with van der Waals surface area (Å²) in [4.78, 5) is 0. The van der Waals surface area contributed by atoms with Gasteiger partial charge in [0, 0.05) is 11.3 Å². The normalized spacial score (nSPS) is 11.5. The molecule has 4 rings (SSSR count). The molecule has 0 heterocycles. The second kappa shape index (κ2) is 11.8. The molecule has 37 heavy (non-hydrogen) atoms. The fourth-order valence-corrected chi connectivity index (χ4v) is 4.81. The Hall–Kier alpha value is -4.00. The summed E-state index contributed by atoms with van der Waals surface area (Å²) >= 11 is 0. The molecule has 0 aromatic heterocycles. The van der Waals surface area contributed by atoms with Crippen LogP contribution in [0.3, 0.4) is 0 Å². The smallest absolute Gasteiger partial charge is 0.119 e. The van der Waals surface area contributed by atoms with Crippen molar-refractivity contribution in [3.8, 4) is 23.0 Å². The van der Waals surface area contributed by atoms with E-state index in [9.17, 15) is 10.2 Å². The van der Waals surface area contributed by atoms with Crippen LogP contribution >= 0.6 is 0 Å². The van der Waals surface area contributed by atoms with Crippen LogP contribution in [0, 0.1) is 0 Å². The first-order valence-corrected chi connectivity index (χ1v) is 12.2. The standard InChI is InChI=1S/C31H32O6/c1-31(24-6-10-26(34)11-7-24,25-8-12-27(35)13-9-25)30(22-2-14-28(15-3-22)36-20-18-32)23-4-16-29(17-5-23)37-21-19-33/h2-17,30,32-35H,18-21H2,1H3. The van der Waals surface area contributed by atoms with Gasteiger partial charge in [0.2, 0.25) is 0 Å². The molecular formula is C31H32O6. The first-order chi connectivity index (χ1) is 18.0. The van der Waals surface area contributed by atoms with E-state index in [-0.39, 0.29) is 43.8 Å². The van der Waals surface area contributed by atoms with Gasteiger partial charge in [-0.05, 0) is 70.8 Å². The molecule has 0 aliphatic heterocycles. The van der Waals surface area contributed by atoms with Crippen LogP contribution < -0.4 is 9.47 Å². The van der Waals surface area contributed by atoms with Gasteiger partial charge in [0.15, 0.2) is 0 Å². The number of aliphatic hydroxyl groups is 2. The number of hydrogen-bond acceptors (Lipinski definition) is 6. The molecule has 0 radical (unpaired) electrons. The van der Waals surface area contributed by atoms with Gasteiger partial charge in [-0.25, -0.2) is 0 Å². The van der Waals surface area contributed by atoms with Gasteiger partial charge in [-0.1, -0.05) is 55.5 Å². The molecule has 4 N–H and O–H groups in total. The van der Waals surface area contributed by atoms with E-state index in [4.69, 9.17) is 19.7 Å². The summed E-state index contributed by atoms with van der Waals surface area (Å²) in [5, 5.41) is 38.2. The minimum atomic E-state index is -0.609. The van der Waals surface area contributed by atoms with Crippen molar-refractivity contribution in [2.45, 2.75) is 18.3 Å². The first kappa shape index (κ1) is 26.1. The quantitative estimate of drug-likeness (QED) is 0.232. The number of hydrogen-bond donors (Lipinski definition) is 4. The number of aromatic hydroxyl groups is 2. The van der Waals surface area contributed by atoms with Crippen LogP contribution in [0.25, 0.3) is 0 Å². The summed E-state index contributed by atoms with van der Waals surface area (Å²) in [6.45, 7) is 2.47. The summed E-state index contributed by atoms with van der Waals surface area (Å²) in [5.74, 6) is 1.52. The Morgan fingerprint density at radius 3 is 1.24 bits per heavy atom. The summed E-state index contributed by atoms with van der Waals surface area (Å²) in [5.41, 5.74) is 3.43. The van der Waals surface area contributed by atoms with Crippen molar-refractivity contribution in [2.24, 2.45) is 0 Å². The molecule has 0 spiro atoms. The number of aliphatic hydroxyl groups excluding tert-OH is 2. The lowest BCUT2D eigenvalue weighted by atomic mass is 9.62. The van der Waals surface area contributed by atoms with E-state index in [0.29, 0.717) is 11.5 Å². The zero-order chi connectivity index (χ0) is 26.3. The van der Waals surface area contributed by atoms with Crippen molar-refractivity contribution in [3.05, 3.63) is 119 Å². The maximum atomic E-state index is 10.0. The molecule has 4 aromatic rings. The third-order valence-electron chi connectivity index (χ3n) is 6.66. The highest BCUT2D eigenvalue weighted by atomic mass is 16.5. The van der Waals surface area contributed by atoms with E-state index in [2.05, 4.69) is 6.92 Å². The van der Waals surface area contributed by atoms with Gasteiger partial charge in [-0.15, -0.1) is 0 Å². The maximum absolute atomic E-state index is 10.0. The van der Waals surface area contributed by atoms with Gasteiger partial charge in [-0.2, -0.15) is 0 Å². The van der Waals surface area contributed by atoms with Gasteiger partial charge in [0.05, 0.1) is 13.2 Å². The second-order valence-corrected chi connectivity index (χ2v) is 9.01. The fourth-order valence-electron chi connectivity index (χ4n) is 4.81. The van der Waals surface area contributed by atoms with Crippen molar-refractivity contribution < 1.29 is 29.9 Å². The van der Waals surface area contributed by atoms with Crippen molar-refractivity contribution in [1.82, 2.24) is 0 Å². The predicted octanol–water partition coefficient (Wildman–Crippen LogP) is 4.98. The molecule has 0 saturated carbocycles. The molecule has 0 saturated heterocycles. The molecule has 6 heteroatoms. The van der Waals surface area contributed by atoms with Gasteiger partial charge >= 0.3 is 0 Å². The highest BCUT2D eigenvalue weighted by Crippen LogP contribution is 2.49. The minimum absolute atomic E-state index is 0.0607. The Morgan fingerprint density at radius 2 is 0.919 bits per heavy atom. The lowest BCUT2D eigenvalue weighted by molar-refractivity contribution is 0.201. The number of rotatable bonds is 11. The molecule has 0 unspecified atom stereocenters. The Bertz CT molecular complexity index is 1150. The molecule has 0 aliphatic carbocycles. The Kier molecular flexibility index (Phi) is 8.33. The minimum Gasteiger partial charge on any atom is -0.508 e. The third kappa shape index (κ3) is 5.88. The van der Waals surface area contributed by atoms with Crippen LogP contribution in [0.15, 0.2) is 97.1 Å². The number of ether oxygens (including phenoxy) is 2. The van der Waals surface area contributed by atoms with Crippen LogP contribution in [0.5, 0.6) is 23.0 Å². The van der Waals surface area contributed by atoms with Crippen LogP contribution in [0.4, 0.5) is 0 Å². The summed E-state index contributed by atoms with van der Waals surface area (Å²) in [7, 11) is 0. The molecule has 0 aliphatic rings. The summed E-state index contributed by atoms with van der Waals surface area (Å²) in [6, 6.07) is 30.1. The van der Waals surface area contributed by atoms with Gasteiger partial charge < -0.3 is 29.9 Å². The lowest BCUT2D eigenvalue weighted by Crippen LogP contribution is -2.33. The zero-order valence-corrected chi connectivity index (χ0v) is 20.7. The molecule has 6 nitrogen and oxygen atoms in total. The predicted molar refractivity (Wildman–Crippen MR) is 143 cm³/mol. The molecular weight excluding hydrogens is 468 g/mol. The van der Waals surface area contributed by atoms with Crippen molar-refractivity contribution in [1.29, 1.82) is 0 Å². The van der Waals surface area contributed by atoms with E-state index in [1.54, 1.807) is 24.3 Å². The average molecular weight is 501 g/mol. The summed E-state index contributed by atoms with van der Waals surface area (Å²) < 4.78 is 11.2. The highest BCUT2D eigenvalue weighted by Gasteiger charge is 2.40. The zero-order valence-electron chi connectivity index (χ0n) is 20.7. The molecule has 0 fully saturated rings. The van der Waals surface area contributed by atoms with Crippen LogP contribution in [0.1, 0.15) is 35.1 Å². The van der Waals surface area contributed by atoms with Crippen LogP contribution in [-0.4, -0.2) is 46.9 Å². The topological polar surface area (TPSA) is 99.4 Å². The van der Waals surface area contributed by atoms with Crippen molar-refractivity contribution in [3.63, 3.8) is 0 Å². The SMILES string of the molecule is CC(c1ccc(O)cc1)(c1ccc(O)cc1)C(c1ccc(OCCO)cc1)c1ccc(OCCO)cc1. The highest BCUT2D eigenvalue weighted by molar-refractivity contribution is 5.52. The average Bonchev–Trinajstić information content (AvgIpc) is 2.93. The molecule has 4 aromatic carbocycles. The van der Waals surface area contributed by atoms with E-state index in [1.807, 2.05) is 72.8 Å². The molecule has 0 amide bonds. The Balaban J connectivity index is 1.89. The second-order valence-electron chi connectivity index (χ2n) is 9.01. The third-order valence-corrected chi connectivity index (χ3v) is 6.66. The van der Waals surface area contributed by atoms with Gasteiger partial charge in [0.1, 0.15) is 36.2 Å². The van der Waals surface area contributed by atoms with E-state index in [0.717, 1.165) is 22.3 Å². The molecule has 0 atom stereocenters. The number of phenols is 2. The monoisotopic (exact) mass is 500 g/mol. The lowest BCUT2D eigenvalue weighted by Gasteiger charge is -2.40. The Labute approximate surface area is 217 Å². The Morgan fingerprint density at radius 1 is 0.568 bits per heavy atom. The molecule has 0 bridgehead atoms. The van der Waals surface area contributed by atoms with Crippen molar-refractivity contribution in [2.75, 3.05) is 26.4 Å². The van der Waals surface area contributed by atoms with E-state index >= 15 is 0 Å². The van der Waals surface area contributed by atoms with Crippen molar-refractivity contribution >= 4 is 0 Å². The van der Waals surface area contributed by atoms with Crippen LogP contribution in [-0.2, 0) is 5.41 Å². The number of phenolic OH excluding ortho intramolecular Hbond substituents is 2. The van der Waals surface area contributed by atoms with Crippen LogP contribution in [0.2, 0.25) is 0 Å². The maximum Gasteiger partial charge on any atom is 0.119 e. The largest absolute Gasteiger partial charge is 0.508 e. The molecule has 192 valence electrons. The fraction of sp³-hybridized carbons (Fsp3) is 0.226.